The van der Waals surface area contributed by atoms with Crippen molar-refractivity contribution in [3.05, 3.63) is 53.9 Å². The van der Waals surface area contributed by atoms with Gasteiger partial charge in [-0.25, -0.2) is 0 Å². The molecule has 1 heterocycles. The minimum Gasteiger partial charge on any atom is -0.493 e. The number of anilines is 1. The summed E-state index contributed by atoms with van der Waals surface area (Å²) in [4.78, 5) is 2.39. The molecule has 2 aromatic rings. The lowest BCUT2D eigenvalue weighted by atomic mass is 10.1. The quantitative estimate of drug-likeness (QED) is 0.113. The lowest BCUT2D eigenvalue weighted by Crippen LogP contribution is -2.36. The third-order valence-corrected chi connectivity index (χ3v) is 7.54. The summed E-state index contributed by atoms with van der Waals surface area (Å²) in [6, 6.07) is 13.1. The van der Waals surface area contributed by atoms with Gasteiger partial charge in [0.2, 0.25) is 5.69 Å². The van der Waals surface area contributed by atoms with Crippen LogP contribution in [0, 0.1) is 0 Å². The molecule has 0 atom stereocenters. The van der Waals surface area contributed by atoms with E-state index < -0.39 is 0 Å². The smallest absolute Gasteiger partial charge is 0.205 e. The number of rotatable bonds is 22. The first-order valence-corrected chi connectivity index (χ1v) is 15.9. The van der Waals surface area contributed by atoms with E-state index in [0.717, 1.165) is 44.0 Å². The topological polar surface area (TPSA) is 16.4 Å². The van der Waals surface area contributed by atoms with E-state index >= 15 is 0 Å². The molecule has 2 rings (SSSR count). The molecule has 0 aliphatic carbocycles. The molecule has 38 heavy (non-hydrogen) atoms. The zero-order chi connectivity index (χ0) is 27.3. The Hall–Kier alpha value is -2.29. The molecule has 0 saturated carbocycles. The number of hydrogen-bond acceptors (Lipinski definition) is 2. The van der Waals surface area contributed by atoms with Gasteiger partial charge in [-0.1, -0.05) is 90.9 Å². The summed E-state index contributed by atoms with van der Waals surface area (Å²) in [5, 5.41) is 0. The van der Waals surface area contributed by atoms with Gasteiger partial charge < -0.3 is 9.64 Å². The van der Waals surface area contributed by atoms with E-state index in [9.17, 15) is 0 Å². The van der Waals surface area contributed by atoms with Gasteiger partial charge >= 0.3 is 0 Å². The fraction of sp³-hybridized carbons (Fsp3) is 0.629. The Morgan fingerprint density at radius 3 is 1.95 bits per heavy atom. The Labute approximate surface area is 235 Å². The van der Waals surface area contributed by atoms with E-state index in [1.54, 1.807) is 0 Å². The molecule has 0 amide bonds. The number of aryl methyl sites for hydroxylation is 1. The average Bonchev–Trinajstić information content (AvgIpc) is 2.95. The summed E-state index contributed by atoms with van der Waals surface area (Å²) in [6.45, 7) is 12.8. The molecule has 212 valence electrons. The number of hydrogen-bond donors (Lipinski definition) is 0. The van der Waals surface area contributed by atoms with Crippen LogP contribution in [0.15, 0.2) is 42.6 Å². The predicted molar refractivity (Wildman–Crippen MR) is 167 cm³/mol. The Bertz CT molecular complexity index is 887. The third-order valence-electron chi connectivity index (χ3n) is 7.54. The molecule has 1 aromatic heterocycles. The van der Waals surface area contributed by atoms with Gasteiger partial charge in [0.25, 0.3) is 0 Å². The Morgan fingerprint density at radius 1 is 0.684 bits per heavy atom. The minimum atomic E-state index is 0.793. The third kappa shape index (κ3) is 12.5. The maximum absolute atomic E-state index is 6.41. The standard InChI is InChI=1S/C35H57N2O/c1-5-9-11-12-13-14-15-16-17-18-19-22-30-38-35-31-34(36(7-3)8-4)27-25-32(35)24-26-33-23-20-21-29-37(33)28-10-6-2/h20-21,23-27,29,31H,5-19,22,28,30H2,1-4H3/q+1. The monoisotopic (exact) mass is 521 g/mol. The van der Waals surface area contributed by atoms with Crippen molar-refractivity contribution in [2.24, 2.45) is 0 Å². The largest absolute Gasteiger partial charge is 0.493 e. The molecule has 1 aromatic carbocycles. The van der Waals surface area contributed by atoms with Gasteiger partial charge in [0.15, 0.2) is 6.20 Å². The second-order valence-electron chi connectivity index (χ2n) is 10.6. The van der Waals surface area contributed by atoms with E-state index in [1.165, 1.54) is 94.9 Å². The molecule has 0 N–H and O–H groups in total. The van der Waals surface area contributed by atoms with Crippen LogP contribution in [-0.2, 0) is 6.54 Å². The zero-order valence-electron chi connectivity index (χ0n) is 25.2. The van der Waals surface area contributed by atoms with Gasteiger partial charge in [-0.05, 0) is 44.5 Å². The molecule has 3 heteroatoms. The summed E-state index contributed by atoms with van der Waals surface area (Å²) >= 11 is 0. The van der Waals surface area contributed by atoms with Crippen molar-refractivity contribution in [2.45, 2.75) is 124 Å². The van der Waals surface area contributed by atoms with E-state index in [1.807, 2.05) is 0 Å². The van der Waals surface area contributed by atoms with Crippen molar-refractivity contribution in [2.75, 3.05) is 24.6 Å². The first-order valence-electron chi connectivity index (χ1n) is 15.9. The van der Waals surface area contributed by atoms with Crippen LogP contribution in [0.25, 0.3) is 12.2 Å². The lowest BCUT2D eigenvalue weighted by Gasteiger charge is -2.22. The van der Waals surface area contributed by atoms with Crippen molar-refractivity contribution in [1.29, 1.82) is 0 Å². The SMILES string of the molecule is CCCCCCCCCCCCCCOc1cc(N(CC)CC)ccc1/C=C/c1cccc[n+]1CCCC. The summed E-state index contributed by atoms with van der Waals surface area (Å²) in [5.74, 6) is 1.00. The van der Waals surface area contributed by atoms with Crippen LogP contribution in [0.5, 0.6) is 5.75 Å². The second kappa shape index (κ2) is 20.6. The molecule has 0 spiro atoms. The van der Waals surface area contributed by atoms with Gasteiger partial charge in [-0.15, -0.1) is 0 Å². The first kappa shape index (κ1) is 31.9. The van der Waals surface area contributed by atoms with Crippen molar-refractivity contribution in [3.8, 4) is 5.75 Å². The number of nitrogens with zero attached hydrogens (tertiary/aromatic N) is 2. The van der Waals surface area contributed by atoms with Gasteiger partial charge in [-0.3, -0.25) is 0 Å². The molecule has 0 aliphatic heterocycles. The highest BCUT2D eigenvalue weighted by Crippen LogP contribution is 2.28. The van der Waals surface area contributed by atoms with E-state index in [-0.39, 0.29) is 0 Å². The molecular formula is C35H57N2O+. The fourth-order valence-electron chi connectivity index (χ4n) is 5.04. The zero-order valence-corrected chi connectivity index (χ0v) is 25.2. The first-order chi connectivity index (χ1) is 18.7. The highest BCUT2D eigenvalue weighted by Gasteiger charge is 2.10. The number of benzene rings is 1. The summed E-state index contributed by atoms with van der Waals surface area (Å²) in [6.07, 6.45) is 25.4. The average molecular weight is 522 g/mol. The van der Waals surface area contributed by atoms with Gasteiger partial charge in [0, 0.05) is 55.0 Å². The molecule has 0 aliphatic rings. The molecule has 0 saturated heterocycles. The Balaban J connectivity index is 1.88. The van der Waals surface area contributed by atoms with Crippen LogP contribution >= 0.6 is 0 Å². The van der Waals surface area contributed by atoms with Crippen LogP contribution < -0.4 is 14.2 Å². The number of ether oxygens (including phenoxy) is 1. The lowest BCUT2D eigenvalue weighted by molar-refractivity contribution is -0.699. The van der Waals surface area contributed by atoms with Crippen molar-refractivity contribution < 1.29 is 9.30 Å². The van der Waals surface area contributed by atoms with Crippen LogP contribution in [-0.4, -0.2) is 19.7 Å². The van der Waals surface area contributed by atoms with Crippen LogP contribution in [0.2, 0.25) is 0 Å². The van der Waals surface area contributed by atoms with E-state index in [0.29, 0.717) is 0 Å². The highest BCUT2D eigenvalue weighted by atomic mass is 16.5. The summed E-state index contributed by atoms with van der Waals surface area (Å²) < 4.78 is 8.75. The maximum atomic E-state index is 6.41. The fourth-order valence-corrected chi connectivity index (χ4v) is 5.04. The van der Waals surface area contributed by atoms with Crippen molar-refractivity contribution in [1.82, 2.24) is 0 Å². The van der Waals surface area contributed by atoms with Gasteiger partial charge in [-0.2, -0.15) is 4.57 Å². The van der Waals surface area contributed by atoms with Gasteiger partial charge in [0.1, 0.15) is 12.3 Å². The number of pyridine rings is 1. The molecule has 0 fully saturated rings. The normalized spacial score (nSPS) is 11.4. The molecule has 0 bridgehead atoms. The molecule has 3 nitrogen and oxygen atoms in total. The predicted octanol–water partition coefficient (Wildman–Crippen LogP) is 9.87. The summed E-state index contributed by atoms with van der Waals surface area (Å²) in [7, 11) is 0. The summed E-state index contributed by atoms with van der Waals surface area (Å²) in [5.41, 5.74) is 3.64. The van der Waals surface area contributed by atoms with Gasteiger partial charge in [0.05, 0.1) is 6.61 Å². The number of unbranched alkanes of at least 4 members (excludes halogenated alkanes) is 12. The molecule has 0 radical (unpaired) electrons. The van der Waals surface area contributed by atoms with E-state index in [4.69, 9.17) is 4.74 Å². The minimum absolute atomic E-state index is 0.793. The number of aromatic nitrogens is 1. The van der Waals surface area contributed by atoms with Crippen molar-refractivity contribution in [3.63, 3.8) is 0 Å². The van der Waals surface area contributed by atoms with Crippen LogP contribution in [0.3, 0.4) is 0 Å². The highest BCUT2D eigenvalue weighted by molar-refractivity contribution is 5.72. The molecular weight excluding hydrogens is 464 g/mol. The second-order valence-corrected chi connectivity index (χ2v) is 10.6. The van der Waals surface area contributed by atoms with Crippen LogP contribution in [0.4, 0.5) is 5.69 Å². The van der Waals surface area contributed by atoms with Crippen LogP contribution in [0.1, 0.15) is 129 Å². The Kier molecular flexibility index (Phi) is 17.3. The Morgan fingerprint density at radius 2 is 1.32 bits per heavy atom. The molecule has 0 unspecified atom stereocenters. The van der Waals surface area contributed by atoms with E-state index in [2.05, 4.69) is 91.9 Å². The maximum Gasteiger partial charge on any atom is 0.205 e. The van der Waals surface area contributed by atoms with Crippen molar-refractivity contribution >= 4 is 17.8 Å².